The van der Waals surface area contributed by atoms with E-state index in [1.165, 1.54) is 6.33 Å². The first-order valence-electron chi connectivity index (χ1n) is 5.12. The number of aromatic nitrogens is 4. The fraction of sp³-hybridized carbons (Fsp3) is 0.300. The summed E-state index contributed by atoms with van der Waals surface area (Å²) in [6, 6.07) is 0.330. The average Bonchev–Trinajstić information content (AvgIpc) is 2.84. The Morgan fingerprint density at radius 2 is 2.12 bits per heavy atom. The molecule has 0 fully saturated rings. The Labute approximate surface area is 92.0 Å². The molecule has 2 unspecified atom stereocenters. The van der Waals surface area contributed by atoms with Crippen LogP contribution in [0.3, 0.4) is 0 Å². The Morgan fingerprint density at radius 1 is 1.25 bits per heavy atom. The number of rotatable bonds is 1. The molecule has 0 bridgehead atoms. The van der Waals surface area contributed by atoms with Crippen LogP contribution in [0.25, 0.3) is 11.2 Å². The van der Waals surface area contributed by atoms with Gasteiger partial charge in [-0.3, -0.25) is 0 Å². The lowest BCUT2D eigenvalue weighted by molar-refractivity contribution is 0.569. The zero-order chi connectivity index (χ0) is 11.1. The minimum atomic E-state index is 0.113. The van der Waals surface area contributed by atoms with Gasteiger partial charge in [-0.1, -0.05) is 12.2 Å². The molecule has 2 aromatic heterocycles. The Balaban J connectivity index is 2.12. The first kappa shape index (κ1) is 9.29. The number of nitrogens with two attached hydrogens (primary N) is 2. The normalized spacial score (nSPS) is 24.3. The molecule has 4 N–H and O–H groups in total. The smallest absolute Gasteiger partial charge is 0.165 e. The largest absolute Gasteiger partial charge is 0.382 e. The minimum Gasteiger partial charge on any atom is -0.382 e. The molecule has 6 nitrogen and oxygen atoms in total. The highest BCUT2D eigenvalue weighted by atomic mass is 15.1. The summed E-state index contributed by atoms with van der Waals surface area (Å²) in [6.07, 6.45) is 8.14. The van der Waals surface area contributed by atoms with Crippen LogP contribution in [0.2, 0.25) is 0 Å². The van der Waals surface area contributed by atoms with Gasteiger partial charge in [-0.2, -0.15) is 0 Å². The van der Waals surface area contributed by atoms with Crippen molar-refractivity contribution in [3.63, 3.8) is 0 Å². The predicted octanol–water partition coefficient (Wildman–Crippen LogP) is 0.237. The molecule has 0 radical (unpaired) electrons. The van der Waals surface area contributed by atoms with E-state index in [1.54, 1.807) is 6.33 Å². The number of hydrogen-bond donors (Lipinski definition) is 2. The molecule has 0 aromatic carbocycles. The molecule has 6 heteroatoms. The molecule has 1 aliphatic rings. The number of imidazole rings is 1. The summed E-state index contributed by atoms with van der Waals surface area (Å²) >= 11 is 0. The van der Waals surface area contributed by atoms with Gasteiger partial charge in [0.05, 0.1) is 12.4 Å². The van der Waals surface area contributed by atoms with Gasteiger partial charge >= 0.3 is 0 Å². The molecule has 2 aromatic rings. The third-order valence-electron chi connectivity index (χ3n) is 2.84. The monoisotopic (exact) mass is 216 g/mol. The quantitative estimate of drug-likeness (QED) is 0.665. The maximum absolute atomic E-state index is 5.83. The fourth-order valence-corrected chi connectivity index (χ4v) is 2.03. The van der Waals surface area contributed by atoms with Crippen molar-refractivity contribution in [3.8, 4) is 0 Å². The van der Waals surface area contributed by atoms with Crippen LogP contribution in [0.4, 0.5) is 5.82 Å². The van der Waals surface area contributed by atoms with Gasteiger partial charge in [0, 0.05) is 6.04 Å². The van der Waals surface area contributed by atoms with Crippen LogP contribution in [0.15, 0.2) is 24.8 Å². The maximum atomic E-state index is 5.83. The van der Waals surface area contributed by atoms with Gasteiger partial charge in [-0.15, -0.1) is 0 Å². The molecule has 82 valence electrons. The first-order chi connectivity index (χ1) is 7.75. The second-order valence-electron chi connectivity index (χ2n) is 3.93. The second kappa shape index (κ2) is 3.28. The highest BCUT2D eigenvalue weighted by Gasteiger charge is 2.20. The van der Waals surface area contributed by atoms with E-state index >= 15 is 0 Å². The number of anilines is 1. The van der Waals surface area contributed by atoms with E-state index in [-0.39, 0.29) is 12.1 Å². The van der Waals surface area contributed by atoms with Crippen molar-refractivity contribution in [2.45, 2.75) is 18.5 Å². The van der Waals surface area contributed by atoms with E-state index < -0.39 is 0 Å². The maximum Gasteiger partial charge on any atom is 0.165 e. The molecule has 0 saturated heterocycles. The van der Waals surface area contributed by atoms with E-state index in [4.69, 9.17) is 11.5 Å². The van der Waals surface area contributed by atoms with Crippen LogP contribution in [0.1, 0.15) is 12.5 Å². The van der Waals surface area contributed by atoms with Gasteiger partial charge in [0.25, 0.3) is 0 Å². The molecule has 0 saturated carbocycles. The lowest BCUT2D eigenvalue weighted by atomic mass is 10.2. The van der Waals surface area contributed by atoms with E-state index in [0.29, 0.717) is 11.3 Å². The number of allylic oxidation sites excluding steroid dienone is 1. The summed E-state index contributed by atoms with van der Waals surface area (Å²) in [5.41, 5.74) is 13.0. The molecular formula is C10H12N6. The summed E-state index contributed by atoms with van der Waals surface area (Å²) in [5.74, 6) is 0.412. The molecule has 16 heavy (non-hydrogen) atoms. The molecule has 0 spiro atoms. The van der Waals surface area contributed by atoms with Gasteiger partial charge in [-0.05, 0) is 6.42 Å². The zero-order valence-corrected chi connectivity index (χ0v) is 8.61. The Hall–Kier alpha value is -1.95. The summed E-state index contributed by atoms with van der Waals surface area (Å²) in [5, 5.41) is 0. The third-order valence-corrected chi connectivity index (χ3v) is 2.84. The van der Waals surface area contributed by atoms with Crippen molar-refractivity contribution >= 4 is 17.0 Å². The number of fused-ring (bicyclic) bond motifs is 1. The highest BCUT2D eigenvalue weighted by molar-refractivity contribution is 5.81. The van der Waals surface area contributed by atoms with Gasteiger partial charge < -0.3 is 16.0 Å². The van der Waals surface area contributed by atoms with Gasteiger partial charge in [-0.25, -0.2) is 15.0 Å². The molecule has 3 rings (SSSR count). The molecule has 0 amide bonds. The standard InChI is InChI=1S/C10H12N6/c11-6-1-2-7(3-6)16-5-15-8-9(12)13-4-14-10(8)16/h1-2,4-7H,3,11H2,(H2,12,13,14). The van der Waals surface area contributed by atoms with Gasteiger partial charge in [0.15, 0.2) is 11.5 Å². The summed E-state index contributed by atoms with van der Waals surface area (Å²) in [6.45, 7) is 0. The SMILES string of the molecule is Nc1ncnc2c1ncn2C1C=CC(N)C1. The van der Waals surface area contributed by atoms with Crippen LogP contribution in [0, 0.1) is 0 Å². The fourth-order valence-electron chi connectivity index (χ4n) is 2.03. The Kier molecular flexibility index (Phi) is 1.90. The highest BCUT2D eigenvalue weighted by Crippen LogP contribution is 2.26. The number of nitrogen functional groups attached to an aromatic ring is 1. The minimum absolute atomic E-state index is 0.113. The van der Waals surface area contributed by atoms with Crippen LogP contribution < -0.4 is 11.5 Å². The van der Waals surface area contributed by atoms with Crippen molar-refractivity contribution in [2.75, 3.05) is 5.73 Å². The molecule has 0 aliphatic heterocycles. The summed E-state index contributed by atoms with van der Waals surface area (Å²) in [7, 11) is 0. The van der Waals surface area contributed by atoms with Crippen molar-refractivity contribution in [2.24, 2.45) is 5.73 Å². The predicted molar refractivity (Wildman–Crippen MR) is 60.5 cm³/mol. The van der Waals surface area contributed by atoms with Crippen molar-refractivity contribution in [3.05, 3.63) is 24.8 Å². The van der Waals surface area contributed by atoms with Crippen LogP contribution in [0.5, 0.6) is 0 Å². The summed E-state index contributed by atoms with van der Waals surface area (Å²) < 4.78 is 1.98. The van der Waals surface area contributed by atoms with Crippen molar-refractivity contribution in [1.82, 2.24) is 19.5 Å². The van der Waals surface area contributed by atoms with E-state index in [0.717, 1.165) is 12.1 Å². The molecule has 2 atom stereocenters. The van der Waals surface area contributed by atoms with Crippen molar-refractivity contribution < 1.29 is 0 Å². The van der Waals surface area contributed by atoms with E-state index in [1.807, 2.05) is 10.6 Å². The molecule has 1 aliphatic carbocycles. The first-order valence-corrected chi connectivity index (χ1v) is 5.12. The zero-order valence-electron chi connectivity index (χ0n) is 8.61. The van der Waals surface area contributed by atoms with Crippen molar-refractivity contribution in [1.29, 1.82) is 0 Å². The lowest BCUT2D eigenvalue weighted by Gasteiger charge is -2.11. The van der Waals surface area contributed by atoms with Gasteiger partial charge in [0.1, 0.15) is 11.8 Å². The van der Waals surface area contributed by atoms with E-state index in [2.05, 4.69) is 21.0 Å². The lowest BCUT2D eigenvalue weighted by Crippen LogP contribution is -2.16. The second-order valence-corrected chi connectivity index (χ2v) is 3.93. The summed E-state index contributed by atoms with van der Waals surface area (Å²) in [4.78, 5) is 12.3. The Bertz CT molecular complexity index is 557. The topological polar surface area (TPSA) is 95.6 Å². The number of hydrogen-bond acceptors (Lipinski definition) is 5. The Morgan fingerprint density at radius 3 is 2.88 bits per heavy atom. The number of nitrogens with zero attached hydrogens (tertiary/aromatic N) is 4. The molecular weight excluding hydrogens is 204 g/mol. The van der Waals surface area contributed by atoms with Crippen LogP contribution in [-0.2, 0) is 0 Å². The van der Waals surface area contributed by atoms with E-state index in [9.17, 15) is 0 Å². The average molecular weight is 216 g/mol. The van der Waals surface area contributed by atoms with Crippen LogP contribution in [-0.4, -0.2) is 25.6 Å². The molecule has 2 heterocycles. The van der Waals surface area contributed by atoms with Gasteiger partial charge in [0.2, 0.25) is 0 Å². The third kappa shape index (κ3) is 1.27. The van der Waals surface area contributed by atoms with Crippen LogP contribution >= 0.6 is 0 Å².